The summed E-state index contributed by atoms with van der Waals surface area (Å²) in [6.45, 7) is 4.03. The first-order chi connectivity index (χ1) is 16.7. The van der Waals surface area contributed by atoms with E-state index in [2.05, 4.69) is 0 Å². The molecule has 1 fully saturated rings. The van der Waals surface area contributed by atoms with Gasteiger partial charge in [0.05, 0.1) is 17.0 Å². The van der Waals surface area contributed by atoms with Crippen LogP contribution in [0.25, 0.3) is 11.1 Å². The van der Waals surface area contributed by atoms with E-state index in [0.29, 0.717) is 15.5 Å². The molecule has 0 spiro atoms. The van der Waals surface area contributed by atoms with Crippen LogP contribution >= 0.6 is 34.7 Å². The van der Waals surface area contributed by atoms with Crippen LogP contribution < -0.4 is 0 Å². The minimum Gasteiger partial charge on any atom is -0.478 e. The lowest BCUT2D eigenvalue weighted by atomic mass is 9.95. The molecule has 3 heterocycles. The maximum absolute atomic E-state index is 13.0. The molecule has 1 aliphatic heterocycles. The summed E-state index contributed by atoms with van der Waals surface area (Å²) in [7, 11) is 0. The highest BCUT2D eigenvalue weighted by Crippen LogP contribution is 2.40. The lowest BCUT2D eigenvalue weighted by molar-refractivity contribution is -0.123. The standard InChI is InChI=1S/C26H23ClN2O4S2/c1-14-11-17(12-21-23(30)28(26(33)35-21)13-16-7-9-18(27)10-8-16)15(2)29(14)24-22(25(31)32)19-5-3-4-6-20(19)34-24/h7-12H,3-6,13H2,1-2H3,(H,31,32)/b21-12-. The highest BCUT2D eigenvalue weighted by molar-refractivity contribution is 8.18. The number of benzene rings is 1. The van der Waals surface area contributed by atoms with Crippen molar-refractivity contribution in [3.8, 4) is 5.00 Å². The maximum atomic E-state index is 13.0. The minimum atomic E-state index is -0.906. The topological polar surface area (TPSA) is 79.6 Å². The van der Waals surface area contributed by atoms with Gasteiger partial charge >= 0.3 is 5.97 Å². The Morgan fingerprint density at radius 2 is 1.86 bits per heavy atom. The molecule has 5 rings (SSSR count). The zero-order chi connectivity index (χ0) is 24.9. The predicted octanol–water partition coefficient (Wildman–Crippen LogP) is 6.62. The fourth-order valence-corrected chi connectivity index (χ4v) is 7.17. The normalized spacial score (nSPS) is 16.9. The van der Waals surface area contributed by atoms with Crippen LogP contribution in [0.1, 0.15) is 56.2 Å². The summed E-state index contributed by atoms with van der Waals surface area (Å²) in [5.41, 5.74) is 4.69. The number of aryl methyl sites for hydroxylation is 2. The smallest absolute Gasteiger partial charge is 0.339 e. The van der Waals surface area contributed by atoms with E-state index in [4.69, 9.17) is 11.6 Å². The Labute approximate surface area is 216 Å². The van der Waals surface area contributed by atoms with Crippen molar-refractivity contribution in [1.82, 2.24) is 9.47 Å². The number of thioether (sulfide) groups is 1. The summed E-state index contributed by atoms with van der Waals surface area (Å²) in [4.78, 5) is 40.6. The Morgan fingerprint density at radius 3 is 2.57 bits per heavy atom. The van der Waals surface area contributed by atoms with Crippen LogP contribution in [0.15, 0.2) is 35.2 Å². The number of carboxylic acids is 1. The third kappa shape index (κ3) is 4.35. The van der Waals surface area contributed by atoms with E-state index in [9.17, 15) is 19.5 Å². The highest BCUT2D eigenvalue weighted by Gasteiger charge is 2.35. The summed E-state index contributed by atoms with van der Waals surface area (Å²) < 4.78 is 1.97. The van der Waals surface area contributed by atoms with Gasteiger partial charge in [0.2, 0.25) is 0 Å². The first-order valence-corrected chi connectivity index (χ1v) is 13.3. The molecular formula is C26H23ClN2O4S2. The predicted molar refractivity (Wildman–Crippen MR) is 140 cm³/mol. The number of carbonyl (C=O) groups excluding carboxylic acids is 2. The van der Waals surface area contributed by atoms with Crippen LogP contribution in [0, 0.1) is 13.8 Å². The van der Waals surface area contributed by atoms with Crippen LogP contribution in [0.3, 0.4) is 0 Å². The largest absolute Gasteiger partial charge is 0.478 e. The van der Waals surface area contributed by atoms with Crippen molar-refractivity contribution in [3.63, 3.8) is 0 Å². The molecule has 1 aliphatic carbocycles. The number of hydrogen-bond donors (Lipinski definition) is 1. The second kappa shape index (κ2) is 9.33. The van der Waals surface area contributed by atoms with Gasteiger partial charge in [-0.15, -0.1) is 11.3 Å². The summed E-state index contributed by atoms with van der Waals surface area (Å²) in [6.07, 6.45) is 5.52. The lowest BCUT2D eigenvalue weighted by Crippen LogP contribution is -2.27. The Bertz CT molecular complexity index is 1400. The van der Waals surface area contributed by atoms with Crippen LogP contribution in [-0.2, 0) is 24.2 Å². The molecule has 35 heavy (non-hydrogen) atoms. The van der Waals surface area contributed by atoms with Crippen molar-refractivity contribution in [2.24, 2.45) is 0 Å². The maximum Gasteiger partial charge on any atom is 0.339 e. The molecule has 2 aliphatic rings. The number of imide groups is 1. The first kappa shape index (κ1) is 23.9. The number of hydrogen-bond acceptors (Lipinski definition) is 5. The second-order valence-corrected chi connectivity index (χ2v) is 11.3. The third-order valence-electron chi connectivity index (χ3n) is 6.45. The second-order valence-electron chi connectivity index (χ2n) is 8.75. The van der Waals surface area contributed by atoms with Crippen LogP contribution in [0.4, 0.5) is 4.79 Å². The van der Waals surface area contributed by atoms with Crippen LogP contribution in [-0.4, -0.2) is 31.7 Å². The summed E-state index contributed by atoms with van der Waals surface area (Å²) in [6, 6.07) is 8.99. The fraction of sp³-hybridized carbons (Fsp3) is 0.269. The SMILES string of the molecule is Cc1cc(/C=C2\SC(=O)N(Cc3ccc(Cl)cc3)C2=O)c(C)n1-c1sc2c(c1C(=O)O)CCCC2. The molecule has 1 aromatic carbocycles. The van der Waals surface area contributed by atoms with Gasteiger partial charge in [-0.1, -0.05) is 23.7 Å². The van der Waals surface area contributed by atoms with Gasteiger partial charge in [0.25, 0.3) is 11.1 Å². The molecule has 180 valence electrons. The van der Waals surface area contributed by atoms with E-state index >= 15 is 0 Å². The number of carboxylic acid groups (broad SMARTS) is 1. The van der Waals surface area contributed by atoms with Gasteiger partial charge in [0.1, 0.15) is 5.00 Å². The van der Waals surface area contributed by atoms with Gasteiger partial charge < -0.3 is 9.67 Å². The molecule has 1 saturated heterocycles. The number of aromatic carboxylic acids is 1. The number of nitrogens with zero attached hydrogens (tertiary/aromatic N) is 2. The summed E-state index contributed by atoms with van der Waals surface area (Å²) in [5, 5.41) is 11.0. The molecular weight excluding hydrogens is 504 g/mol. The molecule has 0 saturated carbocycles. The quantitative estimate of drug-likeness (QED) is 0.378. The van der Waals surface area contributed by atoms with E-state index in [0.717, 1.165) is 75.4 Å². The van der Waals surface area contributed by atoms with Gasteiger partial charge in [-0.25, -0.2) is 4.79 Å². The van der Waals surface area contributed by atoms with Gasteiger partial charge in [-0.2, -0.15) is 0 Å². The first-order valence-electron chi connectivity index (χ1n) is 11.3. The minimum absolute atomic E-state index is 0.181. The van der Waals surface area contributed by atoms with E-state index in [1.54, 1.807) is 41.7 Å². The van der Waals surface area contributed by atoms with E-state index in [1.165, 1.54) is 4.90 Å². The number of amides is 2. The molecule has 2 aromatic heterocycles. The lowest BCUT2D eigenvalue weighted by Gasteiger charge is -2.12. The number of thiophene rings is 1. The zero-order valence-corrected chi connectivity index (χ0v) is 21.6. The summed E-state index contributed by atoms with van der Waals surface area (Å²) in [5.74, 6) is -1.24. The molecule has 9 heteroatoms. The molecule has 2 amide bonds. The number of fused-ring (bicyclic) bond motifs is 1. The molecule has 6 nitrogen and oxygen atoms in total. The molecule has 3 aromatic rings. The van der Waals surface area contributed by atoms with Crippen LogP contribution in [0.2, 0.25) is 5.02 Å². The molecule has 0 radical (unpaired) electrons. The Morgan fingerprint density at radius 1 is 1.14 bits per heavy atom. The van der Waals surface area contributed by atoms with Crippen molar-refractivity contribution in [2.45, 2.75) is 46.1 Å². The zero-order valence-electron chi connectivity index (χ0n) is 19.3. The summed E-state index contributed by atoms with van der Waals surface area (Å²) >= 11 is 8.40. The molecule has 0 atom stereocenters. The molecule has 0 bridgehead atoms. The van der Waals surface area contributed by atoms with Crippen LogP contribution in [0.5, 0.6) is 0 Å². The highest BCUT2D eigenvalue weighted by atomic mass is 35.5. The van der Waals surface area contributed by atoms with E-state index < -0.39 is 5.97 Å². The van der Waals surface area contributed by atoms with Gasteiger partial charge in [-0.3, -0.25) is 14.5 Å². The number of rotatable bonds is 5. The van der Waals surface area contributed by atoms with Gasteiger partial charge in [0, 0.05) is 21.3 Å². The Balaban J connectivity index is 1.48. The number of aromatic nitrogens is 1. The third-order valence-corrected chi connectivity index (χ3v) is 8.89. The number of carbonyl (C=O) groups is 3. The average Bonchev–Trinajstić information content (AvgIpc) is 3.42. The number of halogens is 1. The Hall–Kier alpha value is -2.81. The molecule has 0 unspecified atom stereocenters. The fourth-order valence-electron chi connectivity index (χ4n) is 4.73. The molecule has 1 N–H and O–H groups in total. The van der Waals surface area contributed by atoms with Crippen molar-refractivity contribution < 1.29 is 19.5 Å². The Kier molecular flexibility index (Phi) is 6.38. The van der Waals surface area contributed by atoms with Gasteiger partial charge in [-0.05, 0) is 92.3 Å². The van der Waals surface area contributed by atoms with Crippen molar-refractivity contribution in [3.05, 3.63) is 78.8 Å². The average molecular weight is 527 g/mol. The van der Waals surface area contributed by atoms with Crippen molar-refractivity contribution in [2.75, 3.05) is 0 Å². The van der Waals surface area contributed by atoms with Crippen molar-refractivity contribution >= 4 is 57.9 Å². The van der Waals surface area contributed by atoms with Gasteiger partial charge in [0.15, 0.2) is 0 Å². The monoisotopic (exact) mass is 526 g/mol. The van der Waals surface area contributed by atoms with E-state index in [-0.39, 0.29) is 17.7 Å². The van der Waals surface area contributed by atoms with Crippen molar-refractivity contribution in [1.29, 1.82) is 0 Å². The van der Waals surface area contributed by atoms with E-state index in [1.807, 2.05) is 24.5 Å².